The number of amides is 1. The Morgan fingerprint density at radius 2 is 1.70 bits per heavy atom. The molecule has 0 saturated carbocycles. The van der Waals surface area contributed by atoms with E-state index in [4.69, 9.17) is 4.74 Å². The summed E-state index contributed by atoms with van der Waals surface area (Å²) in [6.07, 6.45) is 1.77. The van der Waals surface area contributed by atoms with Crippen molar-refractivity contribution < 1.29 is 22.7 Å². The van der Waals surface area contributed by atoms with Crippen molar-refractivity contribution in [1.82, 2.24) is 4.31 Å². The number of ether oxygens (including phenoxy) is 1. The van der Waals surface area contributed by atoms with Crippen LogP contribution in [0.4, 0.5) is 5.69 Å². The van der Waals surface area contributed by atoms with E-state index in [9.17, 15) is 18.0 Å². The van der Waals surface area contributed by atoms with Crippen LogP contribution >= 0.6 is 0 Å². The van der Waals surface area contributed by atoms with Crippen molar-refractivity contribution in [2.45, 2.75) is 45.4 Å². The highest BCUT2D eigenvalue weighted by atomic mass is 32.2. The van der Waals surface area contributed by atoms with Gasteiger partial charge in [0.1, 0.15) is 0 Å². The largest absolute Gasteiger partial charge is 0.452 e. The molecule has 3 rings (SSSR count). The van der Waals surface area contributed by atoms with Gasteiger partial charge in [0.2, 0.25) is 10.0 Å². The van der Waals surface area contributed by atoms with Crippen molar-refractivity contribution >= 4 is 27.6 Å². The second kappa shape index (κ2) is 10.5. The lowest BCUT2D eigenvalue weighted by Crippen LogP contribution is -2.42. The molecule has 33 heavy (non-hydrogen) atoms. The summed E-state index contributed by atoms with van der Waals surface area (Å²) >= 11 is 0. The van der Waals surface area contributed by atoms with E-state index in [1.54, 1.807) is 0 Å². The summed E-state index contributed by atoms with van der Waals surface area (Å²) in [5.74, 6) is -0.510. The molecule has 1 aliphatic heterocycles. The summed E-state index contributed by atoms with van der Waals surface area (Å²) in [7, 11) is -3.62. The fourth-order valence-electron chi connectivity index (χ4n) is 4.31. The van der Waals surface area contributed by atoms with Crippen LogP contribution in [0, 0.1) is 18.8 Å². The normalized spacial score (nSPS) is 19.2. The first-order chi connectivity index (χ1) is 15.6. The van der Waals surface area contributed by atoms with Crippen molar-refractivity contribution in [2.75, 3.05) is 25.0 Å². The number of carbonyl (C=O) groups excluding carboxylic acids is 2. The van der Waals surface area contributed by atoms with E-state index in [-0.39, 0.29) is 10.5 Å². The van der Waals surface area contributed by atoms with Gasteiger partial charge in [-0.05, 0) is 67.0 Å². The molecule has 1 aliphatic rings. The summed E-state index contributed by atoms with van der Waals surface area (Å²) in [5, 5.41) is 2.81. The summed E-state index contributed by atoms with van der Waals surface area (Å²) in [5.41, 5.74) is 2.86. The van der Waals surface area contributed by atoms with Crippen LogP contribution in [0.15, 0.2) is 47.4 Å². The van der Waals surface area contributed by atoms with E-state index in [2.05, 4.69) is 19.2 Å². The number of carbonyl (C=O) groups is 2. The van der Waals surface area contributed by atoms with Gasteiger partial charge in [0.25, 0.3) is 5.91 Å². The zero-order valence-electron chi connectivity index (χ0n) is 19.6. The predicted octanol–water partition coefficient (Wildman–Crippen LogP) is 4.02. The average molecular weight is 473 g/mol. The number of anilines is 1. The smallest absolute Gasteiger partial charge is 0.338 e. The maximum absolute atomic E-state index is 13.0. The molecule has 8 heteroatoms. The van der Waals surface area contributed by atoms with Gasteiger partial charge in [-0.25, -0.2) is 13.2 Å². The molecule has 7 nitrogen and oxygen atoms in total. The lowest BCUT2D eigenvalue weighted by Gasteiger charge is -2.34. The Labute approximate surface area is 196 Å². The number of esters is 1. The van der Waals surface area contributed by atoms with E-state index in [0.717, 1.165) is 29.7 Å². The molecule has 0 aromatic heterocycles. The second-order valence-electron chi connectivity index (χ2n) is 8.88. The van der Waals surface area contributed by atoms with Crippen LogP contribution in [0.2, 0.25) is 0 Å². The Morgan fingerprint density at radius 3 is 2.30 bits per heavy atom. The van der Waals surface area contributed by atoms with Crippen LogP contribution in [-0.4, -0.2) is 44.3 Å². The number of hydrogen-bond acceptors (Lipinski definition) is 5. The quantitative estimate of drug-likeness (QED) is 0.615. The molecule has 1 amide bonds. The molecule has 0 aliphatic carbocycles. The number of nitrogens with zero attached hydrogens (tertiary/aromatic N) is 1. The SMILES string of the molecule is CCc1cccc(C)c1NC(=O)COC(=O)c1ccc(S(=O)(=O)N2C[C@H](C)C[C@@H](C)C2)cc1. The molecule has 2 atom stereocenters. The van der Waals surface area contributed by atoms with Crippen LogP contribution in [0.25, 0.3) is 0 Å². The van der Waals surface area contributed by atoms with Gasteiger partial charge in [-0.2, -0.15) is 4.31 Å². The van der Waals surface area contributed by atoms with Crippen molar-refractivity contribution in [2.24, 2.45) is 11.8 Å². The molecule has 1 heterocycles. The maximum atomic E-state index is 13.0. The van der Waals surface area contributed by atoms with Crippen LogP contribution in [0.3, 0.4) is 0 Å². The first-order valence-electron chi connectivity index (χ1n) is 11.3. The van der Waals surface area contributed by atoms with E-state index in [1.807, 2.05) is 32.0 Å². The second-order valence-corrected chi connectivity index (χ2v) is 10.8. The number of sulfonamides is 1. The van der Waals surface area contributed by atoms with Gasteiger partial charge < -0.3 is 10.1 Å². The molecule has 0 spiro atoms. The molecule has 1 N–H and O–H groups in total. The number of nitrogens with one attached hydrogen (secondary N) is 1. The summed E-state index contributed by atoms with van der Waals surface area (Å²) < 4.78 is 32.6. The lowest BCUT2D eigenvalue weighted by atomic mass is 9.94. The van der Waals surface area contributed by atoms with E-state index >= 15 is 0 Å². The lowest BCUT2D eigenvalue weighted by molar-refractivity contribution is -0.119. The molecule has 178 valence electrons. The minimum Gasteiger partial charge on any atom is -0.452 e. The molecular formula is C25H32N2O5S. The highest BCUT2D eigenvalue weighted by molar-refractivity contribution is 7.89. The van der Waals surface area contributed by atoms with Crippen molar-refractivity contribution in [3.8, 4) is 0 Å². The third-order valence-corrected chi connectivity index (χ3v) is 7.75. The van der Waals surface area contributed by atoms with Gasteiger partial charge in [0.05, 0.1) is 10.5 Å². The van der Waals surface area contributed by atoms with Gasteiger partial charge in [-0.1, -0.05) is 39.0 Å². The van der Waals surface area contributed by atoms with Crippen LogP contribution < -0.4 is 5.32 Å². The Hall–Kier alpha value is -2.71. The number of hydrogen-bond donors (Lipinski definition) is 1. The Kier molecular flexibility index (Phi) is 7.92. The minimum absolute atomic E-state index is 0.143. The Bertz CT molecular complexity index is 1100. The minimum atomic E-state index is -3.62. The zero-order valence-corrected chi connectivity index (χ0v) is 20.4. The molecule has 1 fully saturated rings. The van der Waals surface area contributed by atoms with Crippen LogP contribution in [-0.2, 0) is 26.0 Å². The van der Waals surface area contributed by atoms with E-state index in [1.165, 1.54) is 28.6 Å². The molecule has 0 bridgehead atoms. The fraction of sp³-hybridized carbons (Fsp3) is 0.440. The van der Waals surface area contributed by atoms with Crippen molar-refractivity contribution in [3.05, 3.63) is 59.2 Å². The molecule has 2 aromatic rings. The first kappa shape index (κ1) is 24.9. The van der Waals surface area contributed by atoms with Gasteiger partial charge in [-0.15, -0.1) is 0 Å². The Morgan fingerprint density at radius 1 is 1.06 bits per heavy atom. The highest BCUT2D eigenvalue weighted by Gasteiger charge is 2.31. The number of rotatable bonds is 7. The van der Waals surface area contributed by atoms with E-state index < -0.39 is 28.5 Å². The first-order valence-corrected chi connectivity index (χ1v) is 12.7. The molecule has 0 unspecified atom stereocenters. The van der Waals surface area contributed by atoms with E-state index in [0.29, 0.717) is 24.9 Å². The van der Waals surface area contributed by atoms with Crippen molar-refractivity contribution in [1.29, 1.82) is 0 Å². The number of benzene rings is 2. The topological polar surface area (TPSA) is 92.8 Å². The zero-order chi connectivity index (χ0) is 24.2. The third-order valence-electron chi connectivity index (χ3n) is 5.90. The van der Waals surface area contributed by atoms with Gasteiger partial charge in [0.15, 0.2) is 6.61 Å². The monoisotopic (exact) mass is 472 g/mol. The van der Waals surface area contributed by atoms with Gasteiger partial charge in [-0.3, -0.25) is 4.79 Å². The fourth-order valence-corrected chi connectivity index (χ4v) is 5.99. The molecule has 1 saturated heterocycles. The average Bonchev–Trinajstić information content (AvgIpc) is 2.78. The van der Waals surface area contributed by atoms with Crippen LogP contribution in [0.1, 0.15) is 48.7 Å². The van der Waals surface area contributed by atoms with Crippen LogP contribution in [0.5, 0.6) is 0 Å². The summed E-state index contributed by atoms with van der Waals surface area (Å²) in [6, 6.07) is 11.4. The highest BCUT2D eigenvalue weighted by Crippen LogP contribution is 2.27. The number of aryl methyl sites for hydroxylation is 2. The predicted molar refractivity (Wildman–Crippen MR) is 128 cm³/mol. The molecular weight excluding hydrogens is 440 g/mol. The van der Waals surface area contributed by atoms with Gasteiger partial charge in [0, 0.05) is 18.8 Å². The molecule has 0 radical (unpaired) electrons. The van der Waals surface area contributed by atoms with Crippen molar-refractivity contribution in [3.63, 3.8) is 0 Å². The maximum Gasteiger partial charge on any atom is 0.338 e. The number of para-hydroxylation sites is 1. The Balaban J connectivity index is 1.61. The summed E-state index contributed by atoms with van der Waals surface area (Å²) in [6.45, 7) is 8.56. The van der Waals surface area contributed by atoms with Gasteiger partial charge >= 0.3 is 5.97 Å². The number of piperidine rings is 1. The third kappa shape index (κ3) is 6.00. The summed E-state index contributed by atoms with van der Waals surface area (Å²) in [4.78, 5) is 24.8. The standard InChI is InChI=1S/C25H32N2O5S/c1-5-20-8-6-7-19(4)24(20)26-23(28)16-32-25(29)21-9-11-22(12-10-21)33(30,31)27-14-17(2)13-18(3)15-27/h6-12,17-18H,5,13-16H2,1-4H3,(H,26,28)/t17-,18-/m1/s1. The molecule has 2 aromatic carbocycles.